The van der Waals surface area contributed by atoms with Crippen LogP contribution in [0.15, 0.2) is 29.0 Å². The van der Waals surface area contributed by atoms with Gasteiger partial charge in [0.25, 0.3) is 0 Å². The summed E-state index contributed by atoms with van der Waals surface area (Å²) in [5.74, 6) is 0.709. The molecule has 0 amide bonds. The van der Waals surface area contributed by atoms with E-state index in [1.807, 2.05) is 29.9 Å². The van der Waals surface area contributed by atoms with E-state index in [1.54, 1.807) is 6.20 Å². The Bertz CT molecular complexity index is 525. The van der Waals surface area contributed by atoms with E-state index in [0.29, 0.717) is 16.0 Å². The summed E-state index contributed by atoms with van der Waals surface area (Å²) in [6.45, 7) is 0. The first-order valence-electron chi connectivity index (χ1n) is 4.47. The molecule has 16 heavy (non-hydrogen) atoms. The van der Waals surface area contributed by atoms with Crippen LogP contribution in [0.5, 0.6) is 0 Å². The van der Waals surface area contributed by atoms with Gasteiger partial charge in [-0.3, -0.25) is 0 Å². The minimum Gasteiger partial charge on any atom is -0.324 e. The van der Waals surface area contributed by atoms with Crippen LogP contribution in [0.3, 0.4) is 0 Å². The van der Waals surface area contributed by atoms with Crippen LogP contribution in [-0.2, 0) is 7.05 Å². The van der Waals surface area contributed by atoms with Crippen LogP contribution in [-0.4, -0.2) is 9.55 Å². The Morgan fingerprint density at radius 2 is 2.06 bits per heavy atom. The van der Waals surface area contributed by atoms with Gasteiger partial charge in [0.1, 0.15) is 0 Å². The van der Waals surface area contributed by atoms with E-state index >= 15 is 0 Å². The lowest BCUT2D eigenvalue weighted by atomic mass is 10.3. The predicted octanol–water partition coefficient (Wildman–Crippen LogP) is 4.23. The van der Waals surface area contributed by atoms with Gasteiger partial charge in [0.05, 0.1) is 15.7 Å². The van der Waals surface area contributed by atoms with Crippen molar-refractivity contribution in [2.75, 3.05) is 5.32 Å². The molecule has 0 unspecified atom stereocenters. The van der Waals surface area contributed by atoms with Crippen LogP contribution in [0.4, 0.5) is 11.6 Å². The van der Waals surface area contributed by atoms with E-state index in [9.17, 15) is 0 Å². The molecular weight excluding hydrogens is 313 g/mol. The fourth-order valence-electron chi connectivity index (χ4n) is 1.23. The van der Waals surface area contributed by atoms with Gasteiger partial charge in [-0.1, -0.05) is 23.2 Å². The summed E-state index contributed by atoms with van der Waals surface area (Å²) in [7, 11) is 1.89. The molecule has 0 bridgehead atoms. The molecule has 2 aromatic rings. The Hall–Kier alpha value is -0.710. The van der Waals surface area contributed by atoms with E-state index in [2.05, 4.69) is 26.2 Å². The average Bonchev–Trinajstić information content (AvgIpc) is 2.65. The smallest absolute Gasteiger partial charge is 0.207 e. The molecule has 6 heteroatoms. The number of halogens is 3. The lowest BCUT2D eigenvalue weighted by Gasteiger charge is -2.09. The molecule has 0 fully saturated rings. The first-order valence-corrected chi connectivity index (χ1v) is 6.02. The molecule has 0 spiro atoms. The summed E-state index contributed by atoms with van der Waals surface area (Å²) in [5, 5.41) is 4.06. The summed E-state index contributed by atoms with van der Waals surface area (Å²) in [6, 6.07) is 3.67. The molecule has 0 saturated carbocycles. The number of anilines is 2. The topological polar surface area (TPSA) is 29.9 Å². The van der Waals surface area contributed by atoms with E-state index in [0.717, 1.165) is 10.2 Å². The third-order valence-corrected chi connectivity index (χ3v) is 3.87. The number of imidazole rings is 1. The van der Waals surface area contributed by atoms with Crippen molar-refractivity contribution in [3.05, 3.63) is 39.0 Å². The molecule has 3 nitrogen and oxygen atoms in total. The quantitative estimate of drug-likeness (QED) is 0.839. The molecule has 0 aliphatic rings. The Morgan fingerprint density at radius 3 is 2.69 bits per heavy atom. The van der Waals surface area contributed by atoms with Crippen molar-refractivity contribution < 1.29 is 0 Å². The van der Waals surface area contributed by atoms with Crippen molar-refractivity contribution >= 4 is 50.8 Å². The highest BCUT2D eigenvalue weighted by Gasteiger charge is 2.09. The molecule has 1 heterocycles. The van der Waals surface area contributed by atoms with Gasteiger partial charge >= 0.3 is 0 Å². The molecule has 0 atom stereocenters. The maximum absolute atomic E-state index is 6.11. The Labute approximate surface area is 112 Å². The highest BCUT2D eigenvalue weighted by Crippen LogP contribution is 2.36. The van der Waals surface area contributed by atoms with Crippen LogP contribution in [0, 0.1) is 0 Å². The van der Waals surface area contributed by atoms with E-state index in [-0.39, 0.29) is 0 Å². The monoisotopic (exact) mass is 319 g/mol. The van der Waals surface area contributed by atoms with Crippen molar-refractivity contribution in [1.82, 2.24) is 9.55 Å². The van der Waals surface area contributed by atoms with Crippen molar-refractivity contribution in [3.8, 4) is 0 Å². The zero-order valence-electron chi connectivity index (χ0n) is 8.34. The van der Waals surface area contributed by atoms with Gasteiger partial charge in [0, 0.05) is 23.9 Å². The molecule has 0 aliphatic carbocycles. The van der Waals surface area contributed by atoms with Crippen molar-refractivity contribution in [1.29, 1.82) is 0 Å². The van der Waals surface area contributed by atoms with Gasteiger partial charge in [-0.25, -0.2) is 4.98 Å². The Kier molecular flexibility index (Phi) is 3.42. The second-order valence-corrected chi connectivity index (χ2v) is 4.82. The summed E-state index contributed by atoms with van der Waals surface area (Å²) in [6.07, 6.45) is 3.55. The number of rotatable bonds is 2. The molecule has 1 aromatic carbocycles. The van der Waals surface area contributed by atoms with Crippen molar-refractivity contribution in [2.24, 2.45) is 7.05 Å². The van der Waals surface area contributed by atoms with Crippen LogP contribution in [0.25, 0.3) is 0 Å². The summed E-state index contributed by atoms with van der Waals surface area (Å²) < 4.78 is 2.62. The maximum atomic E-state index is 6.11. The second kappa shape index (κ2) is 4.65. The minimum atomic E-state index is 0.471. The third-order valence-electron chi connectivity index (χ3n) is 2.10. The van der Waals surface area contributed by atoms with Gasteiger partial charge in [-0.2, -0.15) is 0 Å². The van der Waals surface area contributed by atoms with Gasteiger partial charge < -0.3 is 9.88 Å². The average molecular weight is 321 g/mol. The predicted molar refractivity (Wildman–Crippen MR) is 70.7 cm³/mol. The third kappa shape index (κ3) is 2.19. The lowest BCUT2D eigenvalue weighted by molar-refractivity contribution is 0.924. The number of hydrogen-bond acceptors (Lipinski definition) is 2. The highest BCUT2D eigenvalue weighted by atomic mass is 79.9. The number of aryl methyl sites for hydroxylation is 1. The minimum absolute atomic E-state index is 0.471. The normalized spacial score (nSPS) is 10.5. The van der Waals surface area contributed by atoms with Crippen molar-refractivity contribution in [3.63, 3.8) is 0 Å². The van der Waals surface area contributed by atoms with Crippen molar-refractivity contribution in [2.45, 2.75) is 0 Å². The van der Waals surface area contributed by atoms with Gasteiger partial charge in [0.2, 0.25) is 5.95 Å². The van der Waals surface area contributed by atoms with E-state index in [1.165, 1.54) is 0 Å². The van der Waals surface area contributed by atoms with Crippen LogP contribution in [0.2, 0.25) is 10.0 Å². The number of nitrogens with one attached hydrogen (secondary N) is 1. The molecule has 0 saturated heterocycles. The fourth-order valence-corrected chi connectivity index (χ4v) is 2.05. The number of nitrogens with zero attached hydrogens (tertiary/aromatic N) is 2. The van der Waals surface area contributed by atoms with Gasteiger partial charge in [0.15, 0.2) is 0 Å². The van der Waals surface area contributed by atoms with Gasteiger partial charge in [-0.05, 0) is 28.1 Å². The summed E-state index contributed by atoms with van der Waals surface area (Å²) in [4.78, 5) is 4.14. The lowest BCUT2D eigenvalue weighted by Crippen LogP contribution is -1.99. The standard InChI is InChI=1S/C10H8BrCl2N3/c1-16-5-4-14-10(16)15-7-3-2-6(11)8(12)9(7)13/h2-5H,1H3,(H,14,15). The molecule has 0 radical (unpaired) electrons. The molecule has 2 rings (SSSR count). The summed E-state index contributed by atoms with van der Waals surface area (Å²) >= 11 is 15.4. The molecular formula is C10H8BrCl2N3. The largest absolute Gasteiger partial charge is 0.324 e. The van der Waals surface area contributed by atoms with Crippen LogP contribution >= 0.6 is 39.1 Å². The number of aromatic nitrogens is 2. The van der Waals surface area contributed by atoms with E-state index < -0.39 is 0 Å². The first-order chi connectivity index (χ1) is 7.59. The Morgan fingerprint density at radius 1 is 1.31 bits per heavy atom. The zero-order chi connectivity index (χ0) is 11.7. The number of benzene rings is 1. The molecule has 0 aliphatic heterocycles. The number of hydrogen-bond donors (Lipinski definition) is 1. The fraction of sp³-hybridized carbons (Fsp3) is 0.100. The van der Waals surface area contributed by atoms with E-state index in [4.69, 9.17) is 23.2 Å². The summed E-state index contributed by atoms with van der Waals surface area (Å²) in [5.41, 5.74) is 0.726. The van der Waals surface area contributed by atoms with Gasteiger partial charge in [-0.15, -0.1) is 0 Å². The first kappa shape index (κ1) is 11.8. The molecule has 1 N–H and O–H groups in total. The molecule has 1 aromatic heterocycles. The van der Waals surface area contributed by atoms with Crippen LogP contribution in [0.1, 0.15) is 0 Å². The second-order valence-electron chi connectivity index (χ2n) is 3.21. The maximum Gasteiger partial charge on any atom is 0.207 e. The SMILES string of the molecule is Cn1ccnc1Nc1ccc(Br)c(Cl)c1Cl. The molecule has 84 valence electrons. The van der Waals surface area contributed by atoms with Crippen LogP contribution < -0.4 is 5.32 Å². The highest BCUT2D eigenvalue weighted by molar-refractivity contribution is 9.10. The zero-order valence-corrected chi connectivity index (χ0v) is 11.4. The Balaban J connectivity index is 2.36.